The molecule has 0 amide bonds. The Kier molecular flexibility index (Phi) is 2.88. The van der Waals surface area contributed by atoms with Crippen molar-refractivity contribution in [1.29, 1.82) is 0 Å². The summed E-state index contributed by atoms with van der Waals surface area (Å²) in [7, 11) is 0. The summed E-state index contributed by atoms with van der Waals surface area (Å²) in [5.74, 6) is -0.378. The summed E-state index contributed by atoms with van der Waals surface area (Å²) in [5.41, 5.74) is -1.58. The minimum absolute atomic E-state index is 0.178. The van der Waals surface area contributed by atoms with Crippen molar-refractivity contribution in [2.45, 2.75) is 51.6 Å². The molecule has 0 spiro atoms. The molecule has 81 valence electrons. The molecular weight excluding hydrogens is 182 g/mol. The zero-order valence-electron chi connectivity index (χ0n) is 9.29. The number of carbonyl (C=O) groups excluding carboxylic acids is 1. The molecular formula is C10H18NO3. The fourth-order valence-electron chi connectivity index (χ4n) is 1.92. The first kappa shape index (κ1) is 11.5. The molecule has 0 aromatic carbocycles. The molecule has 1 aliphatic rings. The van der Waals surface area contributed by atoms with Gasteiger partial charge in [0.05, 0.1) is 5.54 Å². The summed E-state index contributed by atoms with van der Waals surface area (Å²) in [6, 6.07) is 0. The molecule has 1 rings (SSSR count). The van der Waals surface area contributed by atoms with Crippen LogP contribution in [-0.2, 0) is 14.7 Å². The lowest BCUT2D eigenvalue weighted by Gasteiger charge is -2.47. The molecule has 0 saturated carbocycles. The van der Waals surface area contributed by atoms with Gasteiger partial charge in [-0.3, -0.25) is 0 Å². The Morgan fingerprint density at radius 3 is 2.21 bits per heavy atom. The van der Waals surface area contributed by atoms with Gasteiger partial charge in [-0.1, -0.05) is 13.8 Å². The zero-order chi connectivity index (χ0) is 11.0. The van der Waals surface area contributed by atoms with Crippen molar-refractivity contribution in [3.8, 4) is 0 Å². The van der Waals surface area contributed by atoms with Gasteiger partial charge in [0.2, 0.25) is 0 Å². The number of esters is 1. The van der Waals surface area contributed by atoms with Crippen LogP contribution in [0.3, 0.4) is 0 Å². The first-order valence-electron chi connectivity index (χ1n) is 5.05. The van der Waals surface area contributed by atoms with Gasteiger partial charge < -0.3 is 4.74 Å². The molecule has 1 radical (unpaired) electrons. The van der Waals surface area contributed by atoms with E-state index in [4.69, 9.17) is 4.74 Å². The van der Waals surface area contributed by atoms with Crippen molar-refractivity contribution in [1.82, 2.24) is 5.06 Å². The van der Waals surface area contributed by atoms with E-state index in [2.05, 4.69) is 0 Å². The fraction of sp³-hybridized carbons (Fsp3) is 0.900. The Morgan fingerprint density at radius 1 is 1.36 bits per heavy atom. The maximum Gasteiger partial charge on any atom is 0.329 e. The summed E-state index contributed by atoms with van der Waals surface area (Å²) in [4.78, 5) is 11.6. The highest BCUT2D eigenvalue weighted by molar-refractivity contribution is 5.81. The van der Waals surface area contributed by atoms with Gasteiger partial charge in [0.15, 0.2) is 0 Å². The van der Waals surface area contributed by atoms with Crippen LogP contribution >= 0.6 is 0 Å². The average molecular weight is 200 g/mol. The quantitative estimate of drug-likeness (QED) is 0.635. The normalized spacial score (nSPS) is 25.9. The lowest BCUT2D eigenvalue weighted by molar-refractivity contribution is -0.307. The van der Waals surface area contributed by atoms with Crippen LogP contribution in [0.1, 0.15) is 40.5 Å². The van der Waals surface area contributed by atoms with Crippen molar-refractivity contribution in [3.05, 3.63) is 0 Å². The number of hydroxylamine groups is 2. The first-order valence-corrected chi connectivity index (χ1v) is 5.05. The third-order valence-electron chi connectivity index (χ3n) is 3.04. The van der Waals surface area contributed by atoms with Crippen LogP contribution in [0.25, 0.3) is 0 Å². The van der Waals surface area contributed by atoms with Crippen LogP contribution in [0, 0.1) is 0 Å². The molecule has 14 heavy (non-hydrogen) atoms. The van der Waals surface area contributed by atoms with E-state index in [9.17, 15) is 10.0 Å². The molecule has 4 nitrogen and oxygen atoms in total. The zero-order valence-corrected chi connectivity index (χ0v) is 9.29. The van der Waals surface area contributed by atoms with Gasteiger partial charge >= 0.3 is 5.97 Å². The Morgan fingerprint density at radius 2 is 1.86 bits per heavy atom. The second-order valence-corrected chi connectivity index (χ2v) is 4.42. The van der Waals surface area contributed by atoms with E-state index in [1.807, 2.05) is 13.8 Å². The Hall–Kier alpha value is -0.610. The molecule has 0 unspecified atom stereocenters. The number of cyclic esters (lactones) is 1. The van der Waals surface area contributed by atoms with E-state index in [0.717, 1.165) is 5.06 Å². The largest absolute Gasteiger partial charge is 0.462 e. The monoisotopic (exact) mass is 200 g/mol. The fourth-order valence-corrected chi connectivity index (χ4v) is 1.92. The lowest BCUT2D eigenvalue weighted by atomic mass is 9.86. The van der Waals surface area contributed by atoms with E-state index in [1.165, 1.54) is 0 Å². The predicted molar refractivity (Wildman–Crippen MR) is 50.9 cm³/mol. The Labute approximate surface area is 84.8 Å². The van der Waals surface area contributed by atoms with E-state index in [0.29, 0.717) is 12.8 Å². The molecule has 1 heterocycles. The maximum absolute atomic E-state index is 12.1. The van der Waals surface area contributed by atoms with Gasteiger partial charge in [-0.15, -0.1) is 10.3 Å². The van der Waals surface area contributed by atoms with Crippen LogP contribution in [-0.4, -0.2) is 28.7 Å². The molecule has 0 aliphatic carbocycles. The average Bonchev–Trinajstić information content (AvgIpc) is 2.16. The summed E-state index contributed by atoms with van der Waals surface area (Å²) >= 11 is 0. The number of nitrogens with zero attached hydrogens (tertiary/aromatic N) is 1. The van der Waals surface area contributed by atoms with Gasteiger partial charge in [0, 0.05) is 0 Å². The van der Waals surface area contributed by atoms with E-state index in [-0.39, 0.29) is 12.6 Å². The molecule has 1 aliphatic heterocycles. The Bertz CT molecular complexity index is 234. The van der Waals surface area contributed by atoms with E-state index in [1.54, 1.807) is 13.8 Å². The standard InChI is InChI=1S/C10H18NO3/c1-5-10(6-2)8(12)14-7-9(3,4)11(10)13/h5-7H2,1-4H3. The predicted octanol–water partition coefficient (Wildman–Crippen LogP) is 1.53. The molecule has 0 aromatic heterocycles. The molecule has 0 N–H and O–H groups in total. The van der Waals surface area contributed by atoms with Gasteiger partial charge in [-0.25, -0.2) is 4.79 Å². The van der Waals surface area contributed by atoms with Crippen molar-refractivity contribution in [3.63, 3.8) is 0 Å². The van der Waals surface area contributed by atoms with Crippen LogP contribution in [0.2, 0.25) is 0 Å². The second kappa shape index (κ2) is 3.51. The van der Waals surface area contributed by atoms with Crippen molar-refractivity contribution in [2.24, 2.45) is 0 Å². The highest BCUT2D eigenvalue weighted by atomic mass is 16.6. The first-order chi connectivity index (χ1) is 6.40. The topological polar surface area (TPSA) is 49.4 Å². The van der Waals surface area contributed by atoms with Crippen LogP contribution in [0.15, 0.2) is 0 Å². The molecule has 1 fully saturated rings. The third kappa shape index (κ3) is 1.42. The SMILES string of the molecule is CCC1(CC)C(=O)OCC(C)(C)N1[O]. The van der Waals surface area contributed by atoms with Gasteiger partial charge in [0.1, 0.15) is 12.1 Å². The number of rotatable bonds is 2. The van der Waals surface area contributed by atoms with Crippen LogP contribution in [0.5, 0.6) is 0 Å². The minimum atomic E-state index is -0.970. The number of carbonyl (C=O) groups is 1. The van der Waals surface area contributed by atoms with Gasteiger partial charge in [-0.05, 0) is 26.7 Å². The highest BCUT2D eigenvalue weighted by Gasteiger charge is 2.53. The van der Waals surface area contributed by atoms with Crippen molar-refractivity contribution < 1.29 is 14.7 Å². The minimum Gasteiger partial charge on any atom is -0.462 e. The van der Waals surface area contributed by atoms with Gasteiger partial charge in [0.25, 0.3) is 0 Å². The van der Waals surface area contributed by atoms with Crippen molar-refractivity contribution in [2.75, 3.05) is 6.61 Å². The molecule has 0 atom stereocenters. The third-order valence-corrected chi connectivity index (χ3v) is 3.04. The van der Waals surface area contributed by atoms with E-state index >= 15 is 0 Å². The highest BCUT2D eigenvalue weighted by Crippen LogP contribution is 2.35. The Balaban J connectivity index is 3.05. The van der Waals surface area contributed by atoms with Crippen molar-refractivity contribution >= 4 is 5.97 Å². The maximum atomic E-state index is 12.1. The number of morpholine rings is 1. The molecule has 1 saturated heterocycles. The summed E-state index contributed by atoms with van der Waals surface area (Å²) in [6.07, 6.45) is 0.991. The van der Waals surface area contributed by atoms with Gasteiger partial charge in [-0.2, -0.15) is 0 Å². The number of hydrogen-bond donors (Lipinski definition) is 0. The molecule has 0 aromatic rings. The summed E-state index contributed by atoms with van der Waals surface area (Å²) in [6.45, 7) is 7.46. The lowest BCUT2D eigenvalue weighted by Crippen LogP contribution is -2.66. The smallest absolute Gasteiger partial charge is 0.329 e. The summed E-state index contributed by atoms with van der Waals surface area (Å²) < 4.78 is 5.08. The molecule has 0 bridgehead atoms. The van der Waals surface area contributed by atoms with Crippen LogP contribution < -0.4 is 0 Å². The van der Waals surface area contributed by atoms with Crippen LogP contribution in [0.4, 0.5) is 0 Å². The van der Waals surface area contributed by atoms with E-state index < -0.39 is 11.1 Å². The number of ether oxygens (including phenoxy) is 1. The summed E-state index contributed by atoms with van der Waals surface area (Å²) in [5, 5.41) is 13.0. The second-order valence-electron chi connectivity index (χ2n) is 4.42. The molecule has 4 heteroatoms. The number of hydrogen-bond acceptors (Lipinski definition) is 3.